The molecule has 2 rings (SSSR count). The highest BCUT2D eigenvalue weighted by Gasteiger charge is 2.09. The number of carbonyl (C=O) groups is 1. The van der Waals surface area contributed by atoms with Crippen LogP contribution in [0, 0.1) is 0 Å². The topological polar surface area (TPSA) is 31.2 Å². The van der Waals surface area contributed by atoms with Gasteiger partial charge in [-0.05, 0) is 32.0 Å². The molecule has 1 aromatic carbocycles. The van der Waals surface area contributed by atoms with E-state index in [1.165, 1.54) is 0 Å². The van der Waals surface area contributed by atoms with Gasteiger partial charge in [0.25, 0.3) is 0 Å². The van der Waals surface area contributed by atoms with Crippen LogP contribution < -0.4 is 4.74 Å². The van der Waals surface area contributed by atoms with Crippen LogP contribution in [-0.2, 0) is 11.3 Å². The third kappa shape index (κ3) is 2.55. The average molecular weight is 245 g/mol. The Morgan fingerprint density at radius 1 is 1.33 bits per heavy atom. The smallest absolute Gasteiger partial charge is 0.152 e. The Kier molecular flexibility index (Phi) is 3.70. The second-order valence-electron chi connectivity index (χ2n) is 4.69. The zero-order chi connectivity index (χ0) is 13.1. The summed E-state index contributed by atoms with van der Waals surface area (Å²) in [6.45, 7) is 6.35. The van der Waals surface area contributed by atoms with Crippen LogP contribution >= 0.6 is 0 Å². The highest BCUT2D eigenvalue weighted by atomic mass is 16.5. The van der Waals surface area contributed by atoms with Crippen LogP contribution in [-0.4, -0.2) is 16.5 Å². The SMILES string of the molecule is CCC(=O)Cn1ccc2c(OC(C)C)cccc21. The number of ether oxygens (including phenoxy) is 1. The Balaban J connectivity index is 2.38. The maximum absolute atomic E-state index is 11.5. The molecule has 1 heterocycles. The van der Waals surface area contributed by atoms with Crippen LogP contribution in [0.25, 0.3) is 10.9 Å². The first-order chi connectivity index (χ1) is 8.61. The van der Waals surface area contributed by atoms with Gasteiger partial charge in [0.2, 0.25) is 0 Å². The molecule has 0 aliphatic rings. The molecule has 3 heteroatoms. The summed E-state index contributed by atoms with van der Waals surface area (Å²) in [5.74, 6) is 1.12. The molecule has 0 aliphatic carbocycles. The minimum Gasteiger partial charge on any atom is -0.490 e. The average Bonchev–Trinajstić information content (AvgIpc) is 2.73. The summed E-state index contributed by atoms with van der Waals surface area (Å²) in [5.41, 5.74) is 1.05. The standard InChI is InChI=1S/C15H19NO2/c1-4-12(17)10-16-9-8-13-14(16)6-5-7-15(13)18-11(2)3/h5-9,11H,4,10H2,1-3H3. The lowest BCUT2D eigenvalue weighted by Gasteiger charge is -2.11. The van der Waals surface area contributed by atoms with Crippen LogP contribution in [0.4, 0.5) is 0 Å². The number of hydrogen-bond donors (Lipinski definition) is 0. The molecule has 1 aromatic heterocycles. The largest absolute Gasteiger partial charge is 0.490 e. The Morgan fingerprint density at radius 2 is 2.11 bits per heavy atom. The van der Waals surface area contributed by atoms with Crippen molar-refractivity contribution in [2.24, 2.45) is 0 Å². The lowest BCUT2D eigenvalue weighted by Crippen LogP contribution is -2.08. The van der Waals surface area contributed by atoms with Gasteiger partial charge in [-0.2, -0.15) is 0 Å². The summed E-state index contributed by atoms with van der Waals surface area (Å²) < 4.78 is 7.75. The van der Waals surface area contributed by atoms with Gasteiger partial charge in [0.1, 0.15) is 5.75 Å². The van der Waals surface area contributed by atoms with Gasteiger partial charge in [0, 0.05) is 18.0 Å². The number of ketones is 1. The monoisotopic (exact) mass is 245 g/mol. The van der Waals surface area contributed by atoms with E-state index in [0.717, 1.165) is 16.7 Å². The van der Waals surface area contributed by atoms with E-state index in [9.17, 15) is 4.79 Å². The molecular weight excluding hydrogens is 226 g/mol. The van der Waals surface area contributed by atoms with Crippen molar-refractivity contribution in [1.29, 1.82) is 0 Å². The second kappa shape index (κ2) is 5.25. The molecule has 18 heavy (non-hydrogen) atoms. The summed E-state index contributed by atoms with van der Waals surface area (Å²) in [6.07, 6.45) is 2.67. The van der Waals surface area contributed by atoms with Gasteiger partial charge in [0.05, 0.1) is 18.2 Å². The lowest BCUT2D eigenvalue weighted by molar-refractivity contribution is -0.119. The number of aromatic nitrogens is 1. The minimum atomic E-state index is 0.149. The van der Waals surface area contributed by atoms with E-state index in [4.69, 9.17) is 4.74 Å². The predicted molar refractivity (Wildman–Crippen MR) is 73.0 cm³/mol. The first-order valence-corrected chi connectivity index (χ1v) is 6.38. The lowest BCUT2D eigenvalue weighted by atomic mass is 10.2. The van der Waals surface area contributed by atoms with Crippen molar-refractivity contribution in [3.05, 3.63) is 30.5 Å². The maximum Gasteiger partial charge on any atom is 0.152 e. The van der Waals surface area contributed by atoms with E-state index in [1.807, 2.05) is 55.8 Å². The van der Waals surface area contributed by atoms with E-state index < -0.39 is 0 Å². The molecule has 0 atom stereocenters. The summed E-state index contributed by atoms with van der Waals surface area (Å²) in [7, 11) is 0. The first kappa shape index (κ1) is 12.7. The van der Waals surface area contributed by atoms with E-state index in [0.29, 0.717) is 13.0 Å². The molecule has 3 nitrogen and oxygen atoms in total. The van der Waals surface area contributed by atoms with Gasteiger partial charge in [-0.25, -0.2) is 0 Å². The summed E-state index contributed by atoms with van der Waals surface area (Å²) >= 11 is 0. The van der Waals surface area contributed by atoms with E-state index in [1.54, 1.807) is 0 Å². The van der Waals surface area contributed by atoms with E-state index >= 15 is 0 Å². The molecule has 0 bridgehead atoms. The summed E-state index contributed by atoms with van der Waals surface area (Å²) in [4.78, 5) is 11.5. The third-order valence-corrected chi connectivity index (χ3v) is 2.88. The number of Topliss-reactive ketones (excluding diaryl/α,β-unsaturated/α-hetero) is 1. The van der Waals surface area contributed by atoms with Gasteiger partial charge in [-0.1, -0.05) is 13.0 Å². The van der Waals surface area contributed by atoms with Crippen molar-refractivity contribution in [2.75, 3.05) is 0 Å². The zero-order valence-corrected chi connectivity index (χ0v) is 11.1. The minimum absolute atomic E-state index is 0.149. The summed E-state index contributed by atoms with van der Waals surface area (Å²) in [5, 5.41) is 1.06. The fourth-order valence-corrected chi connectivity index (χ4v) is 1.99. The van der Waals surface area contributed by atoms with Crippen LogP contribution in [0.3, 0.4) is 0 Å². The van der Waals surface area contributed by atoms with Crippen molar-refractivity contribution < 1.29 is 9.53 Å². The Hall–Kier alpha value is -1.77. The number of benzene rings is 1. The Morgan fingerprint density at radius 3 is 2.78 bits per heavy atom. The van der Waals surface area contributed by atoms with Crippen molar-refractivity contribution in [3.63, 3.8) is 0 Å². The van der Waals surface area contributed by atoms with Crippen LogP contribution in [0.5, 0.6) is 5.75 Å². The van der Waals surface area contributed by atoms with Crippen LogP contribution in [0.15, 0.2) is 30.5 Å². The highest BCUT2D eigenvalue weighted by Crippen LogP contribution is 2.27. The highest BCUT2D eigenvalue weighted by molar-refractivity contribution is 5.88. The van der Waals surface area contributed by atoms with Gasteiger partial charge < -0.3 is 9.30 Å². The van der Waals surface area contributed by atoms with Crippen molar-refractivity contribution in [2.45, 2.75) is 39.8 Å². The predicted octanol–water partition coefficient (Wildman–Crippen LogP) is 3.41. The molecule has 0 saturated carbocycles. The first-order valence-electron chi connectivity index (χ1n) is 6.38. The Bertz CT molecular complexity index is 555. The number of carbonyl (C=O) groups excluding carboxylic acids is 1. The molecule has 2 aromatic rings. The third-order valence-electron chi connectivity index (χ3n) is 2.88. The molecule has 0 fully saturated rings. The maximum atomic E-state index is 11.5. The Labute approximate surface area is 107 Å². The quantitative estimate of drug-likeness (QED) is 0.808. The molecule has 96 valence electrons. The van der Waals surface area contributed by atoms with Gasteiger partial charge in [0.15, 0.2) is 5.78 Å². The zero-order valence-electron chi connectivity index (χ0n) is 11.1. The van der Waals surface area contributed by atoms with Crippen molar-refractivity contribution >= 4 is 16.7 Å². The number of rotatable bonds is 5. The van der Waals surface area contributed by atoms with E-state index in [-0.39, 0.29) is 11.9 Å². The molecule has 0 saturated heterocycles. The van der Waals surface area contributed by atoms with Crippen molar-refractivity contribution in [1.82, 2.24) is 4.57 Å². The van der Waals surface area contributed by atoms with Crippen LogP contribution in [0.2, 0.25) is 0 Å². The molecular formula is C15H19NO2. The fraction of sp³-hybridized carbons (Fsp3) is 0.400. The van der Waals surface area contributed by atoms with E-state index in [2.05, 4.69) is 0 Å². The molecule has 0 N–H and O–H groups in total. The molecule has 0 spiro atoms. The van der Waals surface area contributed by atoms with Gasteiger partial charge >= 0.3 is 0 Å². The number of nitrogens with zero attached hydrogens (tertiary/aromatic N) is 1. The van der Waals surface area contributed by atoms with Crippen molar-refractivity contribution in [3.8, 4) is 5.75 Å². The van der Waals surface area contributed by atoms with Crippen LogP contribution in [0.1, 0.15) is 27.2 Å². The number of hydrogen-bond acceptors (Lipinski definition) is 2. The second-order valence-corrected chi connectivity index (χ2v) is 4.69. The molecule has 0 amide bonds. The molecule has 0 aliphatic heterocycles. The van der Waals surface area contributed by atoms with Gasteiger partial charge in [-0.15, -0.1) is 0 Å². The van der Waals surface area contributed by atoms with Gasteiger partial charge in [-0.3, -0.25) is 4.79 Å². The molecule has 0 radical (unpaired) electrons. The number of fused-ring (bicyclic) bond motifs is 1. The normalized spacial score (nSPS) is 11.1. The summed E-state index contributed by atoms with van der Waals surface area (Å²) in [6, 6.07) is 7.96. The molecule has 0 unspecified atom stereocenters. The fourth-order valence-electron chi connectivity index (χ4n) is 1.99.